The van der Waals surface area contributed by atoms with E-state index in [1.165, 1.54) is 18.2 Å². The summed E-state index contributed by atoms with van der Waals surface area (Å²) in [6.07, 6.45) is 1.65. The SMILES string of the molecule is Cl.NC1CCN(C(=O)c2ccc(F)cc2Br)CC1. The molecule has 100 valence electrons. The Morgan fingerprint density at radius 3 is 2.56 bits per heavy atom. The van der Waals surface area contributed by atoms with Gasteiger partial charge in [-0.15, -0.1) is 12.4 Å². The maximum atomic E-state index is 12.9. The molecule has 0 spiro atoms. The highest BCUT2D eigenvalue weighted by molar-refractivity contribution is 9.10. The molecule has 0 aromatic heterocycles. The molecule has 0 radical (unpaired) electrons. The summed E-state index contributed by atoms with van der Waals surface area (Å²) in [5, 5.41) is 0. The predicted molar refractivity (Wildman–Crippen MR) is 74.5 cm³/mol. The zero-order valence-electron chi connectivity index (χ0n) is 9.73. The molecule has 1 saturated heterocycles. The second-order valence-electron chi connectivity index (χ2n) is 4.25. The molecule has 2 rings (SSSR count). The normalized spacial score (nSPS) is 16.3. The van der Waals surface area contributed by atoms with Crippen molar-refractivity contribution in [1.82, 2.24) is 4.90 Å². The van der Waals surface area contributed by atoms with Crippen molar-refractivity contribution in [2.75, 3.05) is 13.1 Å². The van der Waals surface area contributed by atoms with Crippen molar-refractivity contribution in [3.05, 3.63) is 34.1 Å². The molecule has 6 heteroatoms. The minimum Gasteiger partial charge on any atom is -0.338 e. The number of nitrogens with zero attached hydrogens (tertiary/aromatic N) is 1. The molecule has 1 amide bonds. The van der Waals surface area contributed by atoms with Gasteiger partial charge in [-0.1, -0.05) is 0 Å². The third kappa shape index (κ3) is 3.43. The van der Waals surface area contributed by atoms with E-state index in [0.717, 1.165) is 12.8 Å². The van der Waals surface area contributed by atoms with Crippen LogP contribution in [0, 0.1) is 5.82 Å². The number of halogens is 3. The van der Waals surface area contributed by atoms with E-state index in [-0.39, 0.29) is 30.2 Å². The molecule has 18 heavy (non-hydrogen) atoms. The largest absolute Gasteiger partial charge is 0.338 e. The van der Waals surface area contributed by atoms with Crippen molar-refractivity contribution in [3.8, 4) is 0 Å². The van der Waals surface area contributed by atoms with Crippen molar-refractivity contribution in [2.24, 2.45) is 5.73 Å². The molecule has 0 saturated carbocycles. The second-order valence-corrected chi connectivity index (χ2v) is 5.11. The van der Waals surface area contributed by atoms with Crippen LogP contribution in [-0.4, -0.2) is 29.9 Å². The number of hydrogen-bond acceptors (Lipinski definition) is 2. The number of carbonyl (C=O) groups is 1. The average molecular weight is 338 g/mol. The van der Waals surface area contributed by atoms with Gasteiger partial charge in [0.15, 0.2) is 0 Å². The molecule has 1 aromatic carbocycles. The molecular formula is C12H15BrClFN2O. The molecule has 1 heterocycles. The van der Waals surface area contributed by atoms with E-state index in [9.17, 15) is 9.18 Å². The van der Waals surface area contributed by atoms with Gasteiger partial charge in [-0.25, -0.2) is 4.39 Å². The summed E-state index contributed by atoms with van der Waals surface area (Å²) in [7, 11) is 0. The highest BCUT2D eigenvalue weighted by atomic mass is 79.9. The Morgan fingerprint density at radius 1 is 1.39 bits per heavy atom. The van der Waals surface area contributed by atoms with E-state index >= 15 is 0 Å². The van der Waals surface area contributed by atoms with Crippen LogP contribution in [0.3, 0.4) is 0 Å². The second kappa shape index (κ2) is 6.50. The molecule has 1 aliphatic heterocycles. The number of piperidine rings is 1. The van der Waals surface area contributed by atoms with E-state index in [4.69, 9.17) is 5.73 Å². The van der Waals surface area contributed by atoms with Gasteiger partial charge < -0.3 is 10.6 Å². The fraction of sp³-hybridized carbons (Fsp3) is 0.417. The molecule has 1 fully saturated rings. The quantitative estimate of drug-likeness (QED) is 0.856. The molecule has 0 atom stereocenters. The molecule has 0 bridgehead atoms. The van der Waals surface area contributed by atoms with Gasteiger partial charge in [0.2, 0.25) is 0 Å². The van der Waals surface area contributed by atoms with Crippen LogP contribution in [0.25, 0.3) is 0 Å². The van der Waals surface area contributed by atoms with E-state index in [2.05, 4.69) is 15.9 Å². The Bertz CT molecular complexity index is 436. The lowest BCUT2D eigenvalue weighted by Gasteiger charge is -2.30. The Hall–Kier alpha value is -0.650. The molecular weight excluding hydrogens is 322 g/mol. The Kier molecular flexibility index (Phi) is 5.56. The maximum Gasteiger partial charge on any atom is 0.255 e. The van der Waals surface area contributed by atoms with Gasteiger partial charge >= 0.3 is 0 Å². The average Bonchev–Trinajstić information content (AvgIpc) is 2.29. The molecule has 3 nitrogen and oxygen atoms in total. The van der Waals surface area contributed by atoms with Crippen LogP contribution in [0.1, 0.15) is 23.2 Å². The minimum atomic E-state index is -0.353. The smallest absolute Gasteiger partial charge is 0.255 e. The summed E-state index contributed by atoms with van der Waals surface area (Å²) in [6, 6.07) is 4.31. The first-order valence-corrected chi connectivity index (χ1v) is 6.37. The number of likely N-dealkylation sites (tertiary alicyclic amines) is 1. The first-order chi connectivity index (χ1) is 8.08. The van der Waals surface area contributed by atoms with Crippen molar-refractivity contribution < 1.29 is 9.18 Å². The van der Waals surface area contributed by atoms with Crippen LogP contribution in [-0.2, 0) is 0 Å². The molecule has 2 N–H and O–H groups in total. The summed E-state index contributed by atoms with van der Waals surface area (Å²) in [6.45, 7) is 1.34. The number of hydrogen-bond donors (Lipinski definition) is 1. The fourth-order valence-corrected chi connectivity index (χ4v) is 2.46. The summed E-state index contributed by atoms with van der Waals surface area (Å²) < 4.78 is 13.4. The minimum absolute atomic E-state index is 0. The number of nitrogens with two attached hydrogens (primary N) is 1. The highest BCUT2D eigenvalue weighted by Crippen LogP contribution is 2.21. The van der Waals surface area contributed by atoms with Gasteiger partial charge in [-0.2, -0.15) is 0 Å². The zero-order chi connectivity index (χ0) is 12.4. The monoisotopic (exact) mass is 336 g/mol. The lowest BCUT2D eigenvalue weighted by Crippen LogP contribution is -2.42. The fourth-order valence-electron chi connectivity index (χ4n) is 1.94. The summed E-state index contributed by atoms with van der Waals surface area (Å²) in [5.74, 6) is -0.419. The Balaban J connectivity index is 0.00000162. The first kappa shape index (κ1) is 15.4. The first-order valence-electron chi connectivity index (χ1n) is 5.58. The zero-order valence-corrected chi connectivity index (χ0v) is 12.1. The van der Waals surface area contributed by atoms with Crippen LogP contribution in [0.15, 0.2) is 22.7 Å². The third-order valence-corrected chi connectivity index (χ3v) is 3.64. The lowest BCUT2D eigenvalue weighted by molar-refractivity contribution is 0.0714. The van der Waals surface area contributed by atoms with Crippen molar-refractivity contribution in [1.29, 1.82) is 0 Å². The highest BCUT2D eigenvalue weighted by Gasteiger charge is 2.23. The molecule has 1 aromatic rings. The van der Waals surface area contributed by atoms with Crippen LogP contribution >= 0.6 is 28.3 Å². The molecule has 0 aliphatic carbocycles. The Labute approximate surface area is 120 Å². The van der Waals surface area contributed by atoms with Crippen molar-refractivity contribution >= 4 is 34.2 Å². The van der Waals surface area contributed by atoms with Crippen LogP contribution in [0.5, 0.6) is 0 Å². The molecule has 1 aliphatic rings. The van der Waals surface area contributed by atoms with Gasteiger partial charge in [0.1, 0.15) is 5.82 Å². The van der Waals surface area contributed by atoms with E-state index in [1.807, 2.05) is 0 Å². The van der Waals surface area contributed by atoms with Gasteiger partial charge in [0, 0.05) is 23.6 Å². The van der Waals surface area contributed by atoms with E-state index in [1.54, 1.807) is 4.90 Å². The van der Waals surface area contributed by atoms with Crippen LogP contribution in [0.4, 0.5) is 4.39 Å². The van der Waals surface area contributed by atoms with Gasteiger partial charge in [0.05, 0.1) is 5.56 Å². The number of benzene rings is 1. The summed E-state index contributed by atoms with van der Waals surface area (Å²) in [4.78, 5) is 13.9. The van der Waals surface area contributed by atoms with Crippen LogP contribution < -0.4 is 5.73 Å². The molecule has 0 unspecified atom stereocenters. The number of amides is 1. The van der Waals surface area contributed by atoms with E-state index < -0.39 is 0 Å². The van der Waals surface area contributed by atoms with Gasteiger partial charge in [-0.3, -0.25) is 4.79 Å². The summed E-state index contributed by atoms with van der Waals surface area (Å²) >= 11 is 3.21. The maximum absolute atomic E-state index is 12.9. The van der Waals surface area contributed by atoms with Crippen molar-refractivity contribution in [2.45, 2.75) is 18.9 Å². The number of carbonyl (C=O) groups excluding carboxylic acids is 1. The topological polar surface area (TPSA) is 46.3 Å². The third-order valence-electron chi connectivity index (χ3n) is 2.99. The Morgan fingerprint density at radius 2 is 2.00 bits per heavy atom. The number of rotatable bonds is 1. The lowest BCUT2D eigenvalue weighted by atomic mass is 10.0. The van der Waals surface area contributed by atoms with E-state index in [0.29, 0.717) is 23.1 Å². The van der Waals surface area contributed by atoms with Crippen molar-refractivity contribution in [3.63, 3.8) is 0 Å². The van der Waals surface area contributed by atoms with Gasteiger partial charge in [-0.05, 0) is 47.0 Å². The predicted octanol–water partition coefficient (Wildman–Crippen LogP) is 2.57. The van der Waals surface area contributed by atoms with Crippen LogP contribution in [0.2, 0.25) is 0 Å². The summed E-state index contributed by atoms with van der Waals surface area (Å²) in [5.41, 5.74) is 6.29. The standard InChI is InChI=1S/C12H14BrFN2O.ClH/c13-11-7-8(14)1-2-10(11)12(17)16-5-3-9(15)4-6-16;/h1-2,7,9H,3-6,15H2;1H. The van der Waals surface area contributed by atoms with Gasteiger partial charge in [0.25, 0.3) is 5.91 Å².